The third-order valence-corrected chi connectivity index (χ3v) is 4.44. The van der Waals surface area contributed by atoms with Crippen LogP contribution in [0.25, 0.3) is 11.1 Å². The Morgan fingerprint density at radius 1 is 0.800 bits per heavy atom. The molecule has 0 saturated carbocycles. The standard InChI is InChI=1S/C22H10F5NOS/c23-19-12-21(30-13-28)20(24)11-18(19)16-7-3-14(4-8-16)1-2-15-5-9-17(10-6-15)29-22(25,26)27/h3-12H. The van der Waals surface area contributed by atoms with E-state index in [1.807, 2.05) is 0 Å². The van der Waals surface area contributed by atoms with Gasteiger partial charge in [0.2, 0.25) is 0 Å². The zero-order chi connectivity index (χ0) is 21.7. The van der Waals surface area contributed by atoms with Gasteiger partial charge in [-0.05, 0) is 65.9 Å². The molecule has 150 valence electrons. The average Bonchev–Trinajstić information content (AvgIpc) is 2.69. The van der Waals surface area contributed by atoms with Gasteiger partial charge in [-0.2, -0.15) is 5.26 Å². The highest BCUT2D eigenvalue weighted by molar-refractivity contribution is 8.03. The number of benzene rings is 3. The minimum Gasteiger partial charge on any atom is -0.406 e. The Morgan fingerprint density at radius 2 is 1.37 bits per heavy atom. The fourth-order valence-electron chi connectivity index (χ4n) is 2.49. The minimum atomic E-state index is -4.76. The van der Waals surface area contributed by atoms with E-state index in [9.17, 15) is 22.0 Å². The van der Waals surface area contributed by atoms with Crippen molar-refractivity contribution in [2.24, 2.45) is 0 Å². The Kier molecular flexibility index (Phi) is 6.29. The van der Waals surface area contributed by atoms with E-state index >= 15 is 0 Å². The van der Waals surface area contributed by atoms with Crippen LogP contribution in [0.5, 0.6) is 5.75 Å². The maximum Gasteiger partial charge on any atom is 0.573 e. The van der Waals surface area contributed by atoms with Crippen LogP contribution in [-0.4, -0.2) is 6.36 Å². The van der Waals surface area contributed by atoms with Gasteiger partial charge in [-0.3, -0.25) is 0 Å². The first-order valence-electron chi connectivity index (χ1n) is 8.28. The highest BCUT2D eigenvalue weighted by Gasteiger charge is 2.30. The van der Waals surface area contributed by atoms with E-state index in [4.69, 9.17) is 5.26 Å². The molecule has 0 amide bonds. The van der Waals surface area contributed by atoms with E-state index in [0.717, 1.165) is 24.3 Å². The van der Waals surface area contributed by atoms with Crippen LogP contribution in [0.3, 0.4) is 0 Å². The van der Waals surface area contributed by atoms with E-state index in [1.54, 1.807) is 29.7 Å². The number of alkyl halides is 3. The summed E-state index contributed by atoms with van der Waals surface area (Å²) in [6.07, 6.45) is -4.76. The van der Waals surface area contributed by atoms with Crippen LogP contribution < -0.4 is 4.74 Å². The molecule has 2 nitrogen and oxygen atoms in total. The SMILES string of the molecule is N#CSc1cc(F)c(-c2ccc(C#Cc3ccc(OC(F)(F)F)cc3)cc2)cc1F. The van der Waals surface area contributed by atoms with Crippen molar-refractivity contribution in [3.63, 3.8) is 0 Å². The van der Waals surface area contributed by atoms with Gasteiger partial charge in [0.25, 0.3) is 0 Å². The number of rotatable bonds is 3. The lowest BCUT2D eigenvalue weighted by Crippen LogP contribution is -2.16. The molecule has 0 aromatic heterocycles. The van der Waals surface area contributed by atoms with Gasteiger partial charge in [-0.1, -0.05) is 24.0 Å². The van der Waals surface area contributed by atoms with Gasteiger partial charge in [0, 0.05) is 16.7 Å². The summed E-state index contributed by atoms with van der Waals surface area (Å²) < 4.78 is 68.5. The van der Waals surface area contributed by atoms with Crippen molar-refractivity contribution in [1.29, 1.82) is 5.26 Å². The fourth-order valence-corrected chi connectivity index (χ4v) is 2.91. The van der Waals surface area contributed by atoms with Crippen molar-refractivity contribution >= 4 is 11.8 Å². The topological polar surface area (TPSA) is 33.0 Å². The molecule has 0 aliphatic rings. The Bertz CT molecular complexity index is 1150. The number of ether oxygens (including phenoxy) is 1. The van der Waals surface area contributed by atoms with Crippen molar-refractivity contribution in [2.75, 3.05) is 0 Å². The number of thiocyanates is 1. The largest absolute Gasteiger partial charge is 0.573 e. The molecule has 8 heteroatoms. The summed E-state index contributed by atoms with van der Waals surface area (Å²) in [7, 11) is 0. The molecular formula is C22H10F5NOS. The summed E-state index contributed by atoms with van der Waals surface area (Å²) in [5.41, 5.74) is 1.54. The highest BCUT2D eigenvalue weighted by atomic mass is 32.2. The summed E-state index contributed by atoms with van der Waals surface area (Å²) >= 11 is 0.539. The second kappa shape index (κ2) is 8.89. The normalized spacial score (nSPS) is 10.7. The Hall–Kier alpha value is -3.49. The average molecular weight is 431 g/mol. The quantitative estimate of drug-likeness (QED) is 0.205. The number of nitrogens with zero attached hydrogens (tertiary/aromatic N) is 1. The number of halogens is 5. The van der Waals surface area contributed by atoms with Gasteiger partial charge in [-0.15, -0.1) is 13.2 Å². The van der Waals surface area contributed by atoms with Crippen LogP contribution in [0.2, 0.25) is 0 Å². The summed E-state index contributed by atoms with van der Waals surface area (Å²) in [5, 5.41) is 10.3. The molecule has 0 heterocycles. The number of nitriles is 1. The van der Waals surface area contributed by atoms with Gasteiger partial charge in [0.1, 0.15) is 22.8 Å². The lowest BCUT2D eigenvalue weighted by molar-refractivity contribution is -0.274. The second-order valence-electron chi connectivity index (χ2n) is 5.86. The first-order chi connectivity index (χ1) is 14.2. The summed E-state index contributed by atoms with van der Waals surface area (Å²) in [6, 6.07) is 13.5. The highest BCUT2D eigenvalue weighted by Crippen LogP contribution is 2.30. The van der Waals surface area contributed by atoms with E-state index in [0.29, 0.717) is 28.5 Å². The summed E-state index contributed by atoms with van der Waals surface area (Å²) in [6.45, 7) is 0. The number of hydrogen-bond acceptors (Lipinski definition) is 3. The summed E-state index contributed by atoms with van der Waals surface area (Å²) in [5.74, 6) is 3.94. The van der Waals surface area contributed by atoms with Gasteiger partial charge in [0.15, 0.2) is 0 Å². The molecule has 0 unspecified atom stereocenters. The second-order valence-corrected chi connectivity index (χ2v) is 6.68. The van der Waals surface area contributed by atoms with Crippen LogP contribution in [0.4, 0.5) is 22.0 Å². The Balaban J connectivity index is 1.76. The van der Waals surface area contributed by atoms with Gasteiger partial charge in [0.05, 0.1) is 4.90 Å². The van der Waals surface area contributed by atoms with Crippen LogP contribution in [0.15, 0.2) is 65.6 Å². The third kappa shape index (κ3) is 5.53. The molecule has 0 atom stereocenters. The Labute approximate surface area is 172 Å². The molecule has 3 aromatic carbocycles. The maximum absolute atomic E-state index is 14.2. The van der Waals surface area contributed by atoms with Crippen molar-refractivity contribution in [3.05, 3.63) is 83.4 Å². The molecule has 0 bridgehead atoms. The molecule has 0 fully saturated rings. The molecule has 30 heavy (non-hydrogen) atoms. The van der Waals surface area contributed by atoms with E-state index in [2.05, 4.69) is 16.6 Å². The van der Waals surface area contributed by atoms with Gasteiger partial charge >= 0.3 is 6.36 Å². The molecule has 0 aliphatic heterocycles. The van der Waals surface area contributed by atoms with E-state index < -0.39 is 18.0 Å². The molecular weight excluding hydrogens is 421 g/mol. The lowest BCUT2D eigenvalue weighted by Gasteiger charge is -2.08. The first-order valence-corrected chi connectivity index (χ1v) is 9.10. The van der Waals surface area contributed by atoms with Crippen LogP contribution >= 0.6 is 11.8 Å². The van der Waals surface area contributed by atoms with Crippen LogP contribution in [0.1, 0.15) is 11.1 Å². The molecule has 3 rings (SSSR count). The van der Waals surface area contributed by atoms with Crippen molar-refractivity contribution in [3.8, 4) is 34.1 Å². The van der Waals surface area contributed by atoms with E-state index in [1.165, 1.54) is 12.1 Å². The zero-order valence-electron chi connectivity index (χ0n) is 14.9. The smallest absolute Gasteiger partial charge is 0.406 e. The van der Waals surface area contributed by atoms with Crippen LogP contribution in [-0.2, 0) is 0 Å². The molecule has 0 N–H and O–H groups in total. The molecule has 0 saturated heterocycles. The predicted octanol–water partition coefficient (Wildman–Crippen LogP) is 6.50. The molecule has 0 spiro atoms. The van der Waals surface area contributed by atoms with Crippen molar-refractivity contribution in [1.82, 2.24) is 0 Å². The minimum absolute atomic E-state index is 0.0505. The Morgan fingerprint density at radius 3 is 1.90 bits per heavy atom. The molecule has 0 aliphatic carbocycles. The number of hydrogen-bond donors (Lipinski definition) is 0. The third-order valence-electron chi connectivity index (χ3n) is 3.81. The number of thioether (sulfide) groups is 1. The molecule has 0 radical (unpaired) electrons. The van der Waals surface area contributed by atoms with Gasteiger partial charge < -0.3 is 4.74 Å². The van der Waals surface area contributed by atoms with Crippen molar-refractivity contribution < 1.29 is 26.7 Å². The maximum atomic E-state index is 14.2. The van der Waals surface area contributed by atoms with Gasteiger partial charge in [-0.25, -0.2) is 8.78 Å². The zero-order valence-corrected chi connectivity index (χ0v) is 15.7. The van der Waals surface area contributed by atoms with Crippen molar-refractivity contribution in [2.45, 2.75) is 11.3 Å². The van der Waals surface area contributed by atoms with E-state index in [-0.39, 0.29) is 16.2 Å². The van der Waals surface area contributed by atoms with Crippen LogP contribution in [0, 0.1) is 34.1 Å². The summed E-state index contributed by atoms with van der Waals surface area (Å²) in [4.78, 5) is -0.0899. The monoisotopic (exact) mass is 431 g/mol. The predicted molar refractivity (Wildman–Crippen MR) is 102 cm³/mol. The lowest BCUT2D eigenvalue weighted by atomic mass is 10.0. The first kappa shape index (κ1) is 21.2. The molecule has 3 aromatic rings. The fraction of sp³-hybridized carbons (Fsp3) is 0.0455.